The first-order chi connectivity index (χ1) is 18.1. The van der Waals surface area contributed by atoms with Crippen molar-refractivity contribution < 1.29 is 9.59 Å². The van der Waals surface area contributed by atoms with E-state index in [0.717, 1.165) is 53.9 Å². The lowest BCUT2D eigenvalue weighted by molar-refractivity contribution is -0.126. The number of carbonyl (C=O) groups is 2. The monoisotopic (exact) mass is 514 g/mol. The van der Waals surface area contributed by atoms with E-state index >= 15 is 0 Å². The van der Waals surface area contributed by atoms with Crippen LogP contribution in [0, 0.1) is 6.92 Å². The summed E-state index contributed by atoms with van der Waals surface area (Å²) in [5.74, 6) is -0.239. The SMILES string of the molecule is C=CC(=O)N(C)C1CCCN(c2cnccc2-c2ccc(CNC(=O)c3ccn(C(C)(C)C)n3)c(C)c2)C1. The van der Waals surface area contributed by atoms with Crippen molar-refractivity contribution in [3.8, 4) is 11.1 Å². The highest BCUT2D eigenvalue weighted by atomic mass is 16.2. The van der Waals surface area contributed by atoms with Gasteiger partial charge < -0.3 is 15.1 Å². The maximum absolute atomic E-state index is 12.7. The number of aryl methyl sites for hydroxylation is 1. The molecule has 4 rings (SSSR count). The second-order valence-corrected chi connectivity index (χ2v) is 10.9. The van der Waals surface area contributed by atoms with Gasteiger partial charge in [-0.2, -0.15) is 5.10 Å². The summed E-state index contributed by atoms with van der Waals surface area (Å²) in [4.78, 5) is 33.4. The number of benzene rings is 1. The maximum Gasteiger partial charge on any atom is 0.272 e. The van der Waals surface area contributed by atoms with Crippen molar-refractivity contribution in [1.82, 2.24) is 25.0 Å². The van der Waals surface area contributed by atoms with Gasteiger partial charge in [0.2, 0.25) is 5.91 Å². The molecule has 0 aliphatic carbocycles. The van der Waals surface area contributed by atoms with Crippen LogP contribution in [-0.2, 0) is 16.9 Å². The Kier molecular flexibility index (Phi) is 7.99. The minimum atomic E-state index is -0.188. The van der Waals surface area contributed by atoms with Crippen LogP contribution >= 0.6 is 0 Å². The van der Waals surface area contributed by atoms with E-state index in [0.29, 0.717) is 12.2 Å². The zero-order valence-electron chi connectivity index (χ0n) is 23.1. The number of rotatable bonds is 7. The van der Waals surface area contributed by atoms with Gasteiger partial charge in [0.1, 0.15) is 5.69 Å². The van der Waals surface area contributed by atoms with Crippen LogP contribution in [0.5, 0.6) is 0 Å². The second kappa shape index (κ2) is 11.2. The van der Waals surface area contributed by atoms with Gasteiger partial charge in [-0.15, -0.1) is 0 Å². The number of piperidine rings is 1. The minimum Gasteiger partial charge on any atom is -0.368 e. The molecule has 3 heterocycles. The Bertz CT molecular complexity index is 1320. The maximum atomic E-state index is 12.7. The van der Waals surface area contributed by atoms with Gasteiger partial charge >= 0.3 is 0 Å². The zero-order chi connectivity index (χ0) is 27.4. The summed E-state index contributed by atoms with van der Waals surface area (Å²) in [6, 6.07) is 10.2. The highest BCUT2D eigenvalue weighted by Crippen LogP contribution is 2.33. The Morgan fingerprint density at radius 2 is 2.03 bits per heavy atom. The molecule has 8 nitrogen and oxygen atoms in total. The fraction of sp³-hybridized carbons (Fsp3) is 0.400. The third-order valence-electron chi connectivity index (χ3n) is 7.21. The largest absolute Gasteiger partial charge is 0.368 e. The standard InChI is InChI=1S/C30H38N6O2/c1-7-28(37)34(6)24-9-8-15-35(20-24)27-19-31-14-12-25(27)22-10-11-23(21(2)17-22)18-32-29(38)26-13-16-36(33-26)30(3,4)5/h7,10-14,16-17,19,24H,1,8-9,15,18,20H2,2-6H3,(H,32,38). The molecule has 0 saturated carbocycles. The number of hydrogen-bond donors (Lipinski definition) is 1. The quantitative estimate of drug-likeness (QED) is 0.468. The average Bonchev–Trinajstić information content (AvgIpc) is 3.43. The third kappa shape index (κ3) is 5.96. The Morgan fingerprint density at radius 3 is 2.71 bits per heavy atom. The van der Waals surface area contributed by atoms with E-state index in [-0.39, 0.29) is 23.4 Å². The molecule has 1 atom stereocenters. The number of aromatic nitrogens is 3. The number of nitrogens with zero attached hydrogens (tertiary/aromatic N) is 5. The Balaban J connectivity index is 1.48. The first-order valence-electron chi connectivity index (χ1n) is 13.1. The average molecular weight is 515 g/mol. The summed E-state index contributed by atoms with van der Waals surface area (Å²) < 4.78 is 1.80. The van der Waals surface area contributed by atoms with Crippen LogP contribution in [-0.4, -0.2) is 57.7 Å². The Morgan fingerprint density at radius 1 is 1.24 bits per heavy atom. The van der Waals surface area contributed by atoms with Crippen LogP contribution in [0.15, 0.2) is 61.6 Å². The first-order valence-corrected chi connectivity index (χ1v) is 13.1. The van der Waals surface area contributed by atoms with Crippen molar-refractivity contribution in [3.05, 3.63) is 78.4 Å². The molecule has 1 aliphatic rings. The van der Waals surface area contributed by atoms with E-state index in [9.17, 15) is 9.59 Å². The predicted molar refractivity (Wildman–Crippen MR) is 151 cm³/mol. The topological polar surface area (TPSA) is 83.4 Å². The summed E-state index contributed by atoms with van der Waals surface area (Å²) in [5, 5.41) is 7.42. The van der Waals surface area contributed by atoms with Crippen molar-refractivity contribution >= 4 is 17.5 Å². The third-order valence-corrected chi connectivity index (χ3v) is 7.21. The van der Waals surface area contributed by atoms with E-state index in [4.69, 9.17) is 0 Å². The lowest BCUT2D eigenvalue weighted by atomic mass is 9.97. The molecule has 0 bridgehead atoms. The van der Waals surface area contributed by atoms with Crippen molar-refractivity contribution in [2.45, 2.75) is 58.7 Å². The van der Waals surface area contributed by atoms with E-state index in [1.807, 2.05) is 52.5 Å². The van der Waals surface area contributed by atoms with Crippen molar-refractivity contribution in [3.63, 3.8) is 0 Å². The van der Waals surface area contributed by atoms with Gasteiger partial charge in [-0.1, -0.05) is 24.8 Å². The lowest BCUT2D eigenvalue weighted by Gasteiger charge is -2.39. The number of nitrogens with one attached hydrogen (secondary N) is 1. The van der Waals surface area contributed by atoms with Gasteiger partial charge in [-0.05, 0) is 75.4 Å². The molecule has 3 aromatic rings. The molecule has 38 heavy (non-hydrogen) atoms. The van der Waals surface area contributed by atoms with Gasteiger partial charge in [0.15, 0.2) is 0 Å². The number of pyridine rings is 1. The fourth-order valence-electron chi connectivity index (χ4n) is 4.84. The van der Waals surface area contributed by atoms with E-state index in [2.05, 4.69) is 52.0 Å². The molecule has 2 aromatic heterocycles. The minimum absolute atomic E-state index is 0.0517. The van der Waals surface area contributed by atoms with Crippen molar-refractivity contribution in [1.29, 1.82) is 0 Å². The van der Waals surface area contributed by atoms with Gasteiger partial charge in [0.05, 0.1) is 17.4 Å². The number of anilines is 1. The molecular formula is C30H38N6O2. The van der Waals surface area contributed by atoms with Crippen LogP contribution in [0.25, 0.3) is 11.1 Å². The van der Waals surface area contributed by atoms with Crippen LogP contribution < -0.4 is 10.2 Å². The molecule has 1 unspecified atom stereocenters. The molecule has 1 fully saturated rings. The number of carbonyl (C=O) groups excluding carboxylic acids is 2. The smallest absolute Gasteiger partial charge is 0.272 e. The first kappa shape index (κ1) is 27.1. The summed E-state index contributed by atoms with van der Waals surface area (Å²) in [7, 11) is 1.85. The molecule has 2 amide bonds. The molecule has 0 spiro atoms. The summed E-state index contributed by atoms with van der Waals surface area (Å²) in [6.45, 7) is 13.9. The normalized spacial score (nSPS) is 15.7. The molecule has 1 aromatic carbocycles. The van der Waals surface area contributed by atoms with Crippen LogP contribution in [0.4, 0.5) is 5.69 Å². The highest BCUT2D eigenvalue weighted by molar-refractivity contribution is 5.92. The predicted octanol–water partition coefficient (Wildman–Crippen LogP) is 4.55. The zero-order valence-corrected chi connectivity index (χ0v) is 23.1. The van der Waals surface area contributed by atoms with Crippen molar-refractivity contribution in [2.75, 3.05) is 25.0 Å². The van der Waals surface area contributed by atoms with Gasteiger partial charge in [0.25, 0.3) is 5.91 Å². The molecule has 0 radical (unpaired) electrons. The molecule has 8 heteroatoms. The number of likely N-dealkylation sites (N-methyl/N-ethyl adjacent to an activating group) is 1. The van der Waals surface area contributed by atoms with Crippen LogP contribution in [0.3, 0.4) is 0 Å². The van der Waals surface area contributed by atoms with E-state index in [1.54, 1.807) is 15.6 Å². The molecule has 1 aliphatic heterocycles. The van der Waals surface area contributed by atoms with E-state index < -0.39 is 0 Å². The summed E-state index contributed by atoms with van der Waals surface area (Å²) in [5.41, 5.74) is 5.64. The Hall–Kier alpha value is -3.94. The summed E-state index contributed by atoms with van der Waals surface area (Å²) in [6.07, 6.45) is 8.90. The second-order valence-electron chi connectivity index (χ2n) is 10.9. The molecular weight excluding hydrogens is 476 g/mol. The number of amides is 2. The highest BCUT2D eigenvalue weighted by Gasteiger charge is 2.27. The fourth-order valence-corrected chi connectivity index (χ4v) is 4.84. The Labute approximate surface area is 225 Å². The van der Waals surface area contributed by atoms with E-state index in [1.165, 1.54) is 6.08 Å². The molecule has 1 N–H and O–H groups in total. The van der Waals surface area contributed by atoms with Gasteiger partial charge in [-0.3, -0.25) is 19.3 Å². The van der Waals surface area contributed by atoms with Crippen molar-refractivity contribution in [2.24, 2.45) is 0 Å². The summed E-state index contributed by atoms with van der Waals surface area (Å²) >= 11 is 0. The van der Waals surface area contributed by atoms with Gasteiger partial charge in [-0.25, -0.2) is 0 Å². The van der Waals surface area contributed by atoms with Crippen LogP contribution in [0.2, 0.25) is 0 Å². The van der Waals surface area contributed by atoms with Crippen LogP contribution in [0.1, 0.15) is 55.2 Å². The molecule has 200 valence electrons. The lowest BCUT2D eigenvalue weighted by Crippen LogP contribution is -2.48. The van der Waals surface area contributed by atoms with Gasteiger partial charge in [0, 0.05) is 50.7 Å². The molecule has 1 saturated heterocycles. The number of hydrogen-bond acceptors (Lipinski definition) is 5.